The molecule has 0 unspecified atom stereocenters. The van der Waals surface area contributed by atoms with Gasteiger partial charge in [0, 0.05) is 36.6 Å². The first-order chi connectivity index (χ1) is 12.1. The molecule has 3 rings (SSSR count). The third kappa shape index (κ3) is 3.53. The van der Waals surface area contributed by atoms with Gasteiger partial charge in [0.05, 0.1) is 33.6 Å². The summed E-state index contributed by atoms with van der Waals surface area (Å²) < 4.78 is 12.6. The molecule has 0 aliphatic carbocycles. The number of methoxy groups -OCH3 is 2. The number of ether oxygens (including phenoxy) is 2. The Hall–Kier alpha value is -2.74. The van der Waals surface area contributed by atoms with Crippen molar-refractivity contribution in [2.45, 2.75) is 19.2 Å². The molecule has 0 fully saturated rings. The number of imidazole rings is 1. The zero-order valence-electron chi connectivity index (χ0n) is 14.3. The average molecular weight is 346 g/mol. The van der Waals surface area contributed by atoms with E-state index in [1.165, 1.54) is 0 Å². The molecule has 1 aliphatic heterocycles. The van der Waals surface area contributed by atoms with E-state index in [0.29, 0.717) is 36.7 Å². The van der Waals surface area contributed by atoms with Crippen molar-refractivity contribution >= 4 is 6.03 Å². The molecule has 1 aromatic carbocycles. The molecule has 1 aromatic heterocycles. The Bertz CT molecular complexity index is 732. The Balaban J connectivity index is 1.70. The van der Waals surface area contributed by atoms with Gasteiger partial charge < -0.3 is 29.4 Å². The van der Waals surface area contributed by atoms with E-state index in [0.717, 1.165) is 5.56 Å². The molecule has 1 aliphatic rings. The zero-order chi connectivity index (χ0) is 17.8. The number of nitrogens with one attached hydrogen (secondary N) is 1. The fourth-order valence-corrected chi connectivity index (χ4v) is 3.05. The number of β-amino-alcohol motifs (C(OH)–C–C–N with tert-alkyl or cyclic N) is 1. The van der Waals surface area contributed by atoms with Gasteiger partial charge >= 0.3 is 6.03 Å². The number of aliphatic hydroxyl groups is 1. The first kappa shape index (κ1) is 17.1. The number of benzene rings is 1. The highest BCUT2D eigenvalue weighted by Crippen LogP contribution is 2.39. The van der Waals surface area contributed by atoms with Crippen molar-refractivity contribution in [3.63, 3.8) is 0 Å². The minimum absolute atomic E-state index is 0.202. The van der Waals surface area contributed by atoms with Gasteiger partial charge in [0.25, 0.3) is 0 Å². The summed E-state index contributed by atoms with van der Waals surface area (Å²) in [5.74, 6) is 1.23. The highest BCUT2D eigenvalue weighted by molar-refractivity contribution is 5.75. The third-order valence-corrected chi connectivity index (χ3v) is 4.28. The van der Waals surface area contributed by atoms with Crippen LogP contribution in [0.2, 0.25) is 0 Å². The molecule has 134 valence electrons. The SMILES string of the molecule is COc1ccc(OC)c2c1CN(C(=O)NCCn1ccnc1)C[C@@H]2O. The second-order valence-electron chi connectivity index (χ2n) is 5.79. The second kappa shape index (κ2) is 7.43. The van der Waals surface area contributed by atoms with Crippen LogP contribution in [-0.4, -0.2) is 52.9 Å². The number of aromatic nitrogens is 2. The van der Waals surface area contributed by atoms with E-state index in [2.05, 4.69) is 10.3 Å². The average Bonchev–Trinajstić information content (AvgIpc) is 3.13. The fraction of sp³-hybridized carbons (Fsp3) is 0.412. The monoisotopic (exact) mass is 346 g/mol. The predicted octanol–water partition coefficient (Wildman–Crippen LogP) is 1.16. The Morgan fingerprint density at radius 1 is 1.36 bits per heavy atom. The van der Waals surface area contributed by atoms with Gasteiger partial charge in [-0.2, -0.15) is 0 Å². The van der Waals surface area contributed by atoms with Crippen molar-refractivity contribution in [1.82, 2.24) is 19.8 Å². The summed E-state index contributed by atoms with van der Waals surface area (Å²) in [5, 5.41) is 13.4. The summed E-state index contributed by atoms with van der Waals surface area (Å²) in [7, 11) is 3.13. The molecule has 0 spiro atoms. The molecular weight excluding hydrogens is 324 g/mol. The molecule has 8 nitrogen and oxygen atoms in total. The smallest absolute Gasteiger partial charge is 0.317 e. The summed E-state index contributed by atoms with van der Waals surface area (Å²) >= 11 is 0. The van der Waals surface area contributed by atoms with Gasteiger partial charge in [0.1, 0.15) is 17.6 Å². The van der Waals surface area contributed by atoms with Crippen molar-refractivity contribution in [3.8, 4) is 11.5 Å². The maximum absolute atomic E-state index is 12.4. The van der Waals surface area contributed by atoms with Crippen molar-refractivity contribution in [2.75, 3.05) is 27.3 Å². The lowest BCUT2D eigenvalue weighted by molar-refractivity contribution is 0.101. The number of carbonyl (C=O) groups excluding carboxylic acids is 1. The number of fused-ring (bicyclic) bond motifs is 1. The summed E-state index contributed by atoms with van der Waals surface area (Å²) in [4.78, 5) is 18.0. The molecule has 8 heteroatoms. The number of hydrogen-bond acceptors (Lipinski definition) is 5. The molecule has 25 heavy (non-hydrogen) atoms. The van der Waals surface area contributed by atoms with Crippen LogP contribution in [0.5, 0.6) is 11.5 Å². The third-order valence-electron chi connectivity index (χ3n) is 4.28. The molecule has 0 saturated carbocycles. The summed E-state index contributed by atoms with van der Waals surface area (Å²) in [5.41, 5.74) is 1.45. The summed E-state index contributed by atoms with van der Waals surface area (Å²) in [6.45, 7) is 1.66. The van der Waals surface area contributed by atoms with Crippen LogP contribution in [0.3, 0.4) is 0 Å². The molecule has 2 heterocycles. The number of urea groups is 1. The zero-order valence-corrected chi connectivity index (χ0v) is 14.3. The number of rotatable bonds is 5. The van der Waals surface area contributed by atoms with Crippen LogP contribution in [0.25, 0.3) is 0 Å². The van der Waals surface area contributed by atoms with Gasteiger partial charge in [-0.25, -0.2) is 9.78 Å². The van der Waals surface area contributed by atoms with E-state index >= 15 is 0 Å². The molecule has 0 saturated heterocycles. The van der Waals surface area contributed by atoms with Gasteiger partial charge in [0.2, 0.25) is 0 Å². The van der Waals surface area contributed by atoms with Crippen LogP contribution < -0.4 is 14.8 Å². The van der Waals surface area contributed by atoms with Crippen molar-refractivity contribution in [2.24, 2.45) is 0 Å². The van der Waals surface area contributed by atoms with Crippen LogP contribution in [0, 0.1) is 0 Å². The quantitative estimate of drug-likeness (QED) is 0.848. The molecule has 0 bridgehead atoms. The first-order valence-corrected chi connectivity index (χ1v) is 8.04. The van der Waals surface area contributed by atoms with Gasteiger partial charge in [-0.05, 0) is 12.1 Å². The number of nitrogens with zero attached hydrogens (tertiary/aromatic N) is 3. The van der Waals surface area contributed by atoms with E-state index in [4.69, 9.17) is 9.47 Å². The van der Waals surface area contributed by atoms with Crippen LogP contribution in [0.4, 0.5) is 4.79 Å². The second-order valence-corrected chi connectivity index (χ2v) is 5.79. The van der Waals surface area contributed by atoms with E-state index in [1.807, 2.05) is 10.8 Å². The number of hydrogen-bond donors (Lipinski definition) is 2. The Morgan fingerprint density at radius 3 is 2.80 bits per heavy atom. The van der Waals surface area contributed by atoms with Gasteiger partial charge in [-0.3, -0.25) is 0 Å². The topological polar surface area (TPSA) is 88.9 Å². The highest BCUT2D eigenvalue weighted by Gasteiger charge is 2.31. The number of amides is 2. The van der Waals surface area contributed by atoms with Crippen LogP contribution in [0.15, 0.2) is 30.9 Å². The van der Waals surface area contributed by atoms with Crippen LogP contribution >= 0.6 is 0 Å². The summed E-state index contributed by atoms with van der Waals surface area (Å²) in [6.07, 6.45) is 4.40. The summed E-state index contributed by atoms with van der Waals surface area (Å²) in [6, 6.07) is 3.32. The maximum Gasteiger partial charge on any atom is 0.317 e. The van der Waals surface area contributed by atoms with Gasteiger partial charge in [0.15, 0.2) is 0 Å². The van der Waals surface area contributed by atoms with E-state index in [1.54, 1.807) is 43.8 Å². The van der Waals surface area contributed by atoms with Gasteiger partial charge in [-0.15, -0.1) is 0 Å². The molecule has 2 amide bonds. The molecule has 1 atom stereocenters. The normalized spacial score (nSPS) is 16.3. The minimum Gasteiger partial charge on any atom is -0.496 e. The molecule has 0 radical (unpaired) electrons. The standard InChI is InChI=1S/C17H22N4O4/c1-24-14-3-4-15(25-2)16-12(14)9-21(10-13(16)22)17(23)19-6-8-20-7-5-18-11-20/h3-5,7,11,13,22H,6,8-10H2,1-2H3,(H,19,23)/t13-/m0/s1. The molecule has 2 aromatic rings. The van der Waals surface area contributed by atoms with Crippen molar-refractivity contribution in [1.29, 1.82) is 0 Å². The van der Waals surface area contributed by atoms with Gasteiger partial charge in [-0.1, -0.05) is 0 Å². The Morgan fingerprint density at radius 2 is 2.12 bits per heavy atom. The molecular formula is C17H22N4O4. The highest BCUT2D eigenvalue weighted by atomic mass is 16.5. The number of carbonyl (C=O) groups is 1. The maximum atomic E-state index is 12.4. The lowest BCUT2D eigenvalue weighted by Crippen LogP contribution is -2.45. The van der Waals surface area contributed by atoms with E-state index < -0.39 is 6.10 Å². The van der Waals surface area contributed by atoms with Crippen molar-refractivity contribution < 1.29 is 19.4 Å². The number of aliphatic hydroxyl groups excluding tert-OH is 1. The van der Waals surface area contributed by atoms with Crippen LogP contribution in [0.1, 0.15) is 17.2 Å². The largest absolute Gasteiger partial charge is 0.496 e. The minimum atomic E-state index is -0.826. The lowest BCUT2D eigenvalue weighted by Gasteiger charge is -2.34. The Kier molecular flexibility index (Phi) is 5.08. The predicted molar refractivity (Wildman–Crippen MR) is 90.5 cm³/mol. The Labute approximate surface area is 146 Å². The van der Waals surface area contributed by atoms with E-state index in [-0.39, 0.29) is 12.6 Å². The van der Waals surface area contributed by atoms with Crippen LogP contribution in [-0.2, 0) is 13.1 Å². The van der Waals surface area contributed by atoms with E-state index in [9.17, 15) is 9.90 Å². The molecule has 2 N–H and O–H groups in total. The van der Waals surface area contributed by atoms with Crippen molar-refractivity contribution in [3.05, 3.63) is 42.0 Å². The fourth-order valence-electron chi connectivity index (χ4n) is 3.05. The first-order valence-electron chi connectivity index (χ1n) is 8.04. The lowest BCUT2D eigenvalue weighted by atomic mass is 9.95.